The number of rotatable bonds is 6. The predicted octanol–water partition coefficient (Wildman–Crippen LogP) is 5.37. The number of ether oxygens (including phenoxy) is 1. The van der Waals surface area contributed by atoms with E-state index in [4.69, 9.17) is 16.3 Å². The summed E-state index contributed by atoms with van der Waals surface area (Å²) in [6, 6.07) is 7.14. The number of aryl methyl sites for hydroxylation is 3. The molecule has 0 radical (unpaired) electrons. The van der Waals surface area contributed by atoms with Gasteiger partial charge >= 0.3 is 5.97 Å². The zero-order chi connectivity index (χ0) is 25.2. The lowest BCUT2D eigenvalue weighted by Gasteiger charge is -2.18. The molecule has 1 unspecified atom stereocenters. The van der Waals surface area contributed by atoms with E-state index in [0.717, 1.165) is 22.3 Å². The number of carbonyl (C=O) groups is 3. The molecule has 6 nitrogen and oxygen atoms in total. The normalized spacial score (nSPS) is 16.1. The molecule has 1 heterocycles. The minimum atomic E-state index is -0.700. The first-order valence-electron chi connectivity index (χ1n) is 11.4. The van der Waals surface area contributed by atoms with Crippen LogP contribution in [0.1, 0.15) is 66.4 Å². The minimum Gasteiger partial charge on any atom is -0.430 e. The minimum absolute atomic E-state index is 0.0677. The molecule has 3 rings (SSSR count). The van der Waals surface area contributed by atoms with E-state index in [-0.39, 0.29) is 29.9 Å². The van der Waals surface area contributed by atoms with E-state index in [1.54, 1.807) is 26.8 Å². The Balaban J connectivity index is 1.82. The van der Waals surface area contributed by atoms with Gasteiger partial charge < -0.3 is 10.1 Å². The molecule has 2 aromatic rings. The van der Waals surface area contributed by atoms with Crippen molar-refractivity contribution < 1.29 is 19.1 Å². The number of esters is 1. The summed E-state index contributed by atoms with van der Waals surface area (Å²) < 4.78 is 5.80. The molecule has 1 aliphatic rings. The van der Waals surface area contributed by atoms with Gasteiger partial charge in [0.05, 0.1) is 11.0 Å². The molecule has 1 N–H and O–H groups in total. The Morgan fingerprint density at radius 1 is 1.15 bits per heavy atom. The second kappa shape index (κ2) is 10.1. The van der Waals surface area contributed by atoms with Gasteiger partial charge in [-0.15, -0.1) is 0 Å². The maximum atomic E-state index is 13.5. The van der Waals surface area contributed by atoms with E-state index in [1.165, 1.54) is 12.3 Å². The van der Waals surface area contributed by atoms with Crippen molar-refractivity contribution in [2.75, 3.05) is 6.54 Å². The van der Waals surface area contributed by atoms with E-state index in [0.29, 0.717) is 29.2 Å². The number of ketones is 1. The molecule has 1 aromatic heterocycles. The number of nitrogens with one attached hydrogen (secondary N) is 1. The molecule has 1 aromatic carbocycles. The molecular weight excluding hydrogens is 452 g/mol. The summed E-state index contributed by atoms with van der Waals surface area (Å²) in [6.45, 7) is 11.6. The second-order valence-corrected chi connectivity index (χ2v) is 10.3. The molecule has 0 aliphatic heterocycles. The Kier molecular flexibility index (Phi) is 7.61. The van der Waals surface area contributed by atoms with Gasteiger partial charge in [-0.2, -0.15) is 0 Å². The van der Waals surface area contributed by atoms with Crippen LogP contribution in [0, 0.1) is 32.1 Å². The highest BCUT2D eigenvalue weighted by molar-refractivity contribution is 6.30. The summed E-state index contributed by atoms with van der Waals surface area (Å²) in [6.07, 6.45) is 2.19. The van der Waals surface area contributed by atoms with Crippen LogP contribution in [-0.4, -0.2) is 29.2 Å². The van der Waals surface area contributed by atoms with E-state index < -0.39 is 11.3 Å². The second-order valence-electron chi connectivity index (χ2n) is 9.88. The zero-order valence-corrected chi connectivity index (χ0v) is 21.3. The molecule has 1 amide bonds. The number of aromatic nitrogens is 1. The van der Waals surface area contributed by atoms with E-state index in [1.807, 2.05) is 32.9 Å². The number of amides is 1. The van der Waals surface area contributed by atoms with Gasteiger partial charge in [-0.05, 0) is 76.8 Å². The quantitative estimate of drug-likeness (QED) is 0.559. The monoisotopic (exact) mass is 482 g/mol. The molecule has 0 bridgehead atoms. The number of benzene rings is 1. The Morgan fingerprint density at radius 3 is 2.38 bits per heavy atom. The summed E-state index contributed by atoms with van der Waals surface area (Å²) in [5.74, 6) is -0.790. The number of hydrogen-bond acceptors (Lipinski definition) is 5. The van der Waals surface area contributed by atoms with Crippen LogP contribution in [0.3, 0.4) is 0 Å². The number of hydrogen-bond donors (Lipinski definition) is 1. The first-order valence-corrected chi connectivity index (χ1v) is 11.7. The number of halogens is 1. The topological polar surface area (TPSA) is 85.4 Å². The number of Topliss-reactive ketones (excluding diaryl/α,β-unsaturated/α-hetero) is 1. The van der Waals surface area contributed by atoms with Crippen molar-refractivity contribution in [2.45, 2.75) is 54.4 Å². The van der Waals surface area contributed by atoms with Crippen molar-refractivity contribution in [3.05, 3.63) is 69.2 Å². The van der Waals surface area contributed by atoms with Crippen LogP contribution in [0.4, 0.5) is 0 Å². The molecule has 0 saturated carbocycles. The summed E-state index contributed by atoms with van der Waals surface area (Å²) in [4.78, 5) is 42.6. The molecule has 7 heteroatoms. The predicted molar refractivity (Wildman–Crippen MR) is 132 cm³/mol. The lowest BCUT2D eigenvalue weighted by atomic mass is 9.90. The van der Waals surface area contributed by atoms with E-state index >= 15 is 0 Å². The fourth-order valence-electron chi connectivity index (χ4n) is 4.17. The van der Waals surface area contributed by atoms with Crippen LogP contribution in [0.25, 0.3) is 5.57 Å². The van der Waals surface area contributed by atoms with Gasteiger partial charge in [0.25, 0.3) is 5.91 Å². The molecule has 1 atom stereocenters. The Morgan fingerprint density at radius 2 is 1.79 bits per heavy atom. The van der Waals surface area contributed by atoms with Crippen molar-refractivity contribution in [2.24, 2.45) is 11.3 Å². The number of pyridine rings is 1. The molecule has 1 aliphatic carbocycles. The van der Waals surface area contributed by atoms with Gasteiger partial charge in [0.15, 0.2) is 5.78 Å². The highest BCUT2D eigenvalue weighted by Gasteiger charge is 2.38. The number of allylic oxidation sites excluding steroid dienone is 2. The van der Waals surface area contributed by atoms with Crippen molar-refractivity contribution in [1.82, 2.24) is 10.3 Å². The van der Waals surface area contributed by atoms with Gasteiger partial charge in [0.2, 0.25) is 0 Å². The lowest BCUT2D eigenvalue weighted by Crippen LogP contribution is -2.27. The van der Waals surface area contributed by atoms with Crippen LogP contribution in [0.2, 0.25) is 5.02 Å². The van der Waals surface area contributed by atoms with Gasteiger partial charge in [0.1, 0.15) is 11.5 Å². The highest BCUT2D eigenvalue weighted by Crippen LogP contribution is 2.40. The summed E-state index contributed by atoms with van der Waals surface area (Å²) in [5.41, 5.74) is 3.84. The fraction of sp³-hybridized carbons (Fsp3) is 0.407. The van der Waals surface area contributed by atoms with Crippen LogP contribution in [-0.2, 0) is 14.3 Å². The third-order valence-electron chi connectivity index (χ3n) is 5.82. The van der Waals surface area contributed by atoms with Crippen LogP contribution < -0.4 is 5.32 Å². The molecule has 0 saturated heterocycles. The maximum Gasteiger partial charge on any atom is 0.316 e. The maximum absolute atomic E-state index is 13.5. The lowest BCUT2D eigenvalue weighted by molar-refractivity contribution is -0.148. The third-order valence-corrected chi connectivity index (χ3v) is 6.05. The molecular formula is C27H31ClN2O4. The first-order chi connectivity index (χ1) is 15.9. The average Bonchev–Trinajstić information content (AvgIpc) is 3.02. The average molecular weight is 483 g/mol. The molecule has 0 fully saturated rings. The Hall–Kier alpha value is -2.99. The fourth-order valence-corrected chi connectivity index (χ4v) is 4.33. The third kappa shape index (κ3) is 5.73. The van der Waals surface area contributed by atoms with Crippen LogP contribution >= 0.6 is 11.6 Å². The van der Waals surface area contributed by atoms with Crippen molar-refractivity contribution in [3.8, 4) is 0 Å². The SMILES string of the molecule is Cc1cc(C)c(C2=C(OC(=O)C(C)(C)C)CC(CCNC(=O)c3cc(Cl)ccn3)C2=O)c(C)c1. The van der Waals surface area contributed by atoms with Gasteiger partial charge in [-0.1, -0.05) is 29.3 Å². The van der Waals surface area contributed by atoms with E-state index in [9.17, 15) is 14.4 Å². The Labute approximate surface area is 205 Å². The summed E-state index contributed by atoms with van der Waals surface area (Å²) in [7, 11) is 0. The van der Waals surface area contributed by atoms with Gasteiger partial charge in [-0.25, -0.2) is 0 Å². The molecule has 34 heavy (non-hydrogen) atoms. The molecule has 180 valence electrons. The summed E-state index contributed by atoms with van der Waals surface area (Å²) in [5, 5.41) is 3.22. The first kappa shape index (κ1) is 25.6. The zero-order valence-electron chi connectivity index (χ0n) is 20.5. The van der Waals surface area contributed by atoms with Gasteiger partial charge in [-0.3, -0.25) is 19.4 Å². The number of carbonyl (C=O) groups excluding carboxylic acids is 3. The van der Waals surface area contributed by atoms with Crippen molar-refractivity contribution in [3.63, 3.8) is 0 Å². The van der Waals surface area contributed by atoms with Crippen LogP contribution in [0.15, 0.2) is 36.2 Å². The smallest absolute Gasteiger partial charge is 0.316 e. The van der Waals surface area contributed by atoms with Crippen molar-refractivity contribution in [1.29, 1.82) is 0 Å². The summed E-state index contributed by atoms with van der Waals surface area (Å²) >= 11 is 5.93. The van der Waals surface area contributed by atoms with Crippen molar-refractivity contribution >= 4 is 34.8 Å². The van der Waals surface area contributed by atoms with E-state index in [2.05, 4.69) is 10.3 Å². The Bertz CT molecular complexity index is 1150. The van der Waals surface area contributed by atoms with Crippen LogP contribution in [0.5, 0.6) is 0 Å². The largest absolute Gasteiger partial charge is 0.430 e. The highest BCUT2D eigenvalue weighted by atomic mass is 35.5. The van der Waals surface area contributed by atoms with Gasteiger partial charge in [0, 0.05) is 30.1 Å². The molecule has 0 spiro atoms. The standard InChI is InChI=1S/C27H31ClN2O4/c1-15-11-16(2)22(17(3)12-15)23-21(34-26(33)27(4,5)6)13-18(24(23)31)7-9-30-25(32)20-14-19(28)8-10-29-20/h8,10-12,14,18H,7,9,13H2,1-6H3,(H,30,32). The number of nitrogens with zero attached hydrogens (tertiary/aromatic N) is 1.